The first-order chi connectivity index (χ1) is 17.7. The van der Waals surface area contributed by atoms with Crippen LogP contribution in [0.15, 0.2) is 71.7 Å². The van der Waals surface area contributed by atoms with Crippen LogP contribution < -0.4 is 5.32 Å². The molecular formula is C29H30N3OPS2. The molecule has 6 rings (SSSR count). The lowest BCUT2D eigenvalue weighted by Crippen LogP contribution is -2.04. The molecule has 184 valence electrons. The predicted octanol–water partition coefficient (Wildman–Crippen LogP) is 8.34. The van der Waals surface area contributed by atoms with Crippen molar-refractivity contribution in [1.29, 1.82) is 0 Å². The Bertz CT molecular complexity index is 1400. The average molecular weight is 532 g/mol. The van der Waals surface area contributed by atoms with Crippen LogP contribution in [0.5, 0.6) is 5.75 Å². The summed E-state index contributed by atoms with van der Waals surface area (Å²) in [4.78, 5) is 11.2. The average Bonchev–Trinajstić information content (AvgIpc) is 3.55. The van der Waals surface area contributed by atoms with Crippen molar-refractivity contribution in [2.24, 2.45) is 4.99 Å². The summed E-state index contributed by atoms with van der Waals surface area (Å²) >= 11 is 3.63. The molecule has 2 aliphatic rings. The number of hydrogen-bond acceptors (Lipinski definition) is 6. The molecule has 1 saturated heterocycles. The number of nitrogens with zero attached hydrogens (tertiary/aromatic N) is 2. The van der Waals surface area contributed by atoms with E-state index in [4.69, 9.17) is 4.99 Å². The van der Waals surface area contributed by atoms with Gasteiger partial charge < -0.3 is 10.4 Å². The van der Waals surface area contributed by atoms with Crippen molar-refractivity contribution in [2.75, 3.05) is 18.0 Å². The highest BCUT2D eigenvalue weighted by Gasteiger charge is 2.46. The fourth-order valence-electron chi connectivity index (χ4n) is 5.14. The zero-order chi connectivity index (χ0) is 24.5. The third-order valence-corrected chi connectivity index (χ3v) is 12.9. The Morgan fingerprint density at radius 1 is 1.11 bits per heavy atom. The molecule has 3 aromatic carbocycles. The highest BCUT2D eigenvalue weighted by molar-refractivity contribution is 8.28. The smallest absolute Gasteiger partial charge is 0.183 e. The number of hydrogen-bond donors (Lipinski definition) is 2. The Hall–Kier alpha value is -2.40. The zero-order valence-electron chi connectivity index (χ0n) is 20.4. The number of anilines is 1. The van der Waals surface area contributed by atoms with Gasteiger partial charge in [0.25, 0.3) is 0 Å². The van der Waals surface area contributed by atoms with Gasteiger partial charge in [0.2, 0.25) is 0 Å². The van der Waals surface area contributed by atoms with Crippen LogP contribution in [0.4, 0.5) is 10.8 Å². The van der Waals surface area contributed by atoms with Crippen LogP contribution in [-0.4, -0.2) is 32.8 Å². The minimum atomic E-state index is -0.237. The van der Waals surface area contributed by atoms with Gasteiger partial charge in [-0.2, -0.15) is 0 Å². The molecule has 4 nitrogen and oxygen atoms in total. The monoisotopic (exact) mass is 531 g/mol. The molecule has 36 heavy (non-hydrogen) atoms. The number of benzene rings is 3. The van der Waals surface area contributed by atoms with Crippen molar-refractivity contribution in [3.8, 4) is 5.75 Å². The maximum Gasteiger partial charge on any atom is 0.183 e. The highest BCUT2D eigenvalue weighted by Crippen LogP contribution is 2.69. The number of aromatic hydroxyl groups is 1. The summed E-state index contributed by atoms with van der Waals surface area (Å²) in [6.45, 7) is 3.12. The molecule has 0 saturated carbocycles. The lowest BCUT2D eigenvalue weighted by molar-refractivity contribution is 0.476. The van der Waals surface area contributed by atoms with E-state index in [-0.39, 0.29) is 13.7 Å². The van der Waals surface area contributed by atoms with Gasteiger partial charge in [0, 0.05) is 17.5 Å². The summed E-state index contributed by atoms with van der Waals surface area (Å²) in [5.41, 5.74) is 7.13. The van der Waals surface area contributed by atoms with Gasteiger partial charge in [-0.15, -0.1) is 11.8 Å². The van der Waals surface area contributed by atoms with Crippen molar-refractivity contribution in [3.63, 3.8) is 0 Å². The first-order valence-corrected chi connectivity index (χ1v) is 16.0. The second-order valence-electron chi connectivity index (χ2n) is 9.46. The van der Waals surface area contributed by atoms with Crippen molar-refractivity contribution >= 4 is 56.8 Å². The van der Waals surface area contributed by atoms with E-state index in [0.717, 1.165) is 34.0 Å². The first-order valence-electron chi connectivity index (χ1n) is 12.7. The Labute approximate surface area is 222 Å². The number of rotatable bonds is 8. The van der Waals surface area contributed by atoms with Gasteiger partial charge in [0.1, 0.15) is 5.75 Å². The quantitative estimate of drug-likeness (QED) is 0.224. The fraction of sp³-hybridized carbons (Fsp3) is 0.310. The number of thiazole rings is 1. The Balaban J connectivity index is 1.11. The summed E-state index contributed by atoms with van der Waals surface area (Å²) in [5.74, 6) is 0.281. The molecule has 1 aliphatic carbocycles. The topological polar surface area (TPSA) is 57.5 Å². The second-order valence-corrected chi connectivity index (χ2v) is 14.4. The van der Waals surface area contributed by atoms with E-state index in [1.165, 1.54) is 35.8 Å². The molecule has 2 heterocycles. The van der Waals surface area contributed by atoms with E-state index >= 15 is 0 Å². The van der Waals surface area contributed by atoms with Gasteiger partial charge in [0.05, 0.1) is 20.7 Å². The molecule has 1 aliphatic heterocycles. The predicted molar refractivity (Wildman–Crippen MR) is 158 cm³/mol. The van der Waals surface area contributed by atoms with Crippen LogP contribution >= 0.6 is 31.0 Å². The molecule has 2 N–H and O–H groups in total. The first kappa shape index (κ1) is 24.0. The van der Waals surface area contributed by atoms with Crippen molar-refractivity contribution in [3.05, 3.63) is 83.4 Å². The molecule has 3 unspecified atom stereocenters. The van der Waals surface area contributed by atoms with Gasteiger partial charge >= 0.3 is 0 Å². The Morgan fingerprint density at radius 2 is 1.97 bits per heavy atom. The molecule has 3 atom stereocenters. The van der Waals surface area contributed by atoms with E-state index < -0.39 is 0 Å². The lowest BCUT2D eigenvalue weighted by atomic mass is 10.1. The van der Waals surface area contributed by atoms with Gasteiger partial charge in [-0.25, -0.2) is 9.98 Å². The second kappa shape index (κ2) is 10.5. The van der Waals surface area contributed by atoms with Crippen LogP contribution in [0.2, 0.25) is 0 Å². The van der Waals surface area contributed by atoms with E-state index in [1.54, 1.807) is 34.6 Å². The van der Waals surface area contributed by atoms with Crippen molar-refractivity contribution in [1.82, 2.24) is 4.98 Å². The van der Waals surface area contributed by atoms with Crippen LogP contribution in [-0.2, 0) is 12.8 Å². The number of phenolic OH excluding ortho intramolecular Hbond substituents is 1. The molecule has 1 fully saturated rings. The lowest BCUT2D eigenvalue weighted by Gasteiger charge is -2.19. The summed E-state index contributed by atoms with van der Waals surface area (Å²) in [6.07, 6.45) is 5.95. The SMILES string of the molecule is CCCCP1C(=Nc2ccc(CCNc3nc4ccc(O)cc4s3)cc2)SC2Cc3ccccc3C21. The maximum absolute atomic E-state index is 9.66. The molecule has 0 amide bonds. The van der Waals surface area contributed by atoms with Gasteiger partial charge in [0.15, 0.2) is 5.13 Å². The third-order valence-electron chi connectivity index (χ3n) is 6.96. The van der Waals surface area contributed by atoms with Gasteiger partial charge in [-0.05, 0) is 80.4 Å². The van der Waals surface area contributed by atoms with Gasteiger partial charge in [-0.3, -0.25) is 0 Å². The number of unbranched alkanes of at least 4 members (excludes halogenated alkanes) is 1. The number of nitrogens with one attached hydrogen (secondary N) is 1. The van der Waals surface area contributed by atoms with Crippen molar-refractivity contribution < 1.29 is 5.11 Å². The summed E-state index contributed by atoms with van der Waals surface area (Å²) < 4.78 is 0.997. The van der Waals surface area contributed by atoms with E-state index in [9.17, 15) is 5.11 Å². The highest BCUT2D eigenvalue weighted by atomic mass is 32.2. The number of phenols is 1. The minimum Gasteiger partial charge on any atom is -0.508 e. The van der Waals surface area contributed by atoms with Crippen molar-refractivity contribution in [2.45, 2.75) is 43.5 Å². The molecule has 1 aromatic heterocycles. The van der Waals surface area contributed by atoms with Crippen LogP contribution in [0.25, 0.3) is 10.2 Å². The molecular weight excluding hydrogens is 501 g/mol. The minimum absolute atomic E-state index is 0.237. The standard InChI is InChI=1S/C29H30N3OPS2/c1-2-3-16-34-27-23-7-5-4-6-20(23)17-26(27)36-29(34)31-21-10-8-19(9-11-21)14-15-30-28-32-24-13-12-22(33)18-25(24)35-28/h4-13,18,26-27,33H,2-3,14-17H2,1H3,(H,30,32). The van der Waals surface area contributed by atoms with E-state index in [0.29, 0.717) is 10.9 Å². The molecule has 0 spiro atoms. The Kier molecular flexibility index (Phi) is 7.01. The maximum atomic E-state index is 9.66. The number of aromatic nitrogens is 1. The summed E-state index contributed by atoms with van der Waals surface area (Å²) in [5, 5.41) is 14.6. The van der Waals surface area contributed by atoms with Crippen LogP contribution in [0.3, 0.4) is 0 Å². The molecule has 0 radical (unpaired) electrons. The van der Waals surface area contributed by atoms with Crippen LogP contribution in [0, 0.1) is 0 Å². The largest absolute Gasteiger partial charge is 0.508 e. The Morgan fingerprint density at radius 3 is 2.83 bits per heavy atom. The summed E-state index contributed by atoms with van der Waals surface area (Å²) in [7, 11) is -0.237. The van der Waals surface area contributed by atoms with Crippen LogP contribution in [0.1, 0.15) is 42.1 Å². The molecule has 7 heteroatoms. The summed E-state index contributed by atoms with van der Waals surface area (Å²) in [6, 6.07) is 23.2. The third kappa shape index (κ3) is 4.91. The van der Waals surface area contributed by atoms with Gasteiger partial charge in [-0.1, -0.05) is 61.1 Å². The molecule has 0 bridgehead atoms. The molecule has 4 aromatic rings. The number of thioether (sulfide) groups is 1. The number of aliphatic imine (C=N–C) groups is 1. The fourth-order valence-corrected chi connectivity index (χ4v) is 11.9. The normalized spacial score (nSPS) is 21.7. The zero-order valence-corrected chi connectivity index (χ0v) is 22.9. The number of fused-ring (bicyclic) bond motifs is 4. The van der Waals surface area contributed by atoms with E-state index in [1.807, 2.05) is 6.07 Å². The van der Waals surface area contributed by atoms with E-state index in [2.05, 4.69) is 77.5 Å².